The SMILES string of the molecule is CNC(C1CC=CCCC1)C(C1C=C=CC1)C(C=N)C(C)C1C=CCC1. The van der Waals surface area contributed by atoms with Crippen LogP contribution in [0.5, 0.6) is 0 Å². The van der Waals surface area contributed by atoms with E-state index in [0.717, 1.165) is 6.42 Å². The lowest BCUT2D eigenvalue weighted by Crippen LogP contribution is -2.48. The third-order valence-corrected chi connectivity index (χ3v) is 7.09. The third-order valence-electron chi connectivity index (χ3n) is 7.09. The minimum atomic E-state index is 0.321. The zero-order chi connectivity index (χ0) is 18.4. The Bertz CT molecular complexity index is 581. The monoisotopic (exact) mass is 352 g/mol. The molecule has 0 heterocycles. The van der Waals surface area contributed by atoms with E-state index in [1.165, 1.54) is 38.5 Å². The predicted molar refractivity (Wildman–Crippen MR) is 111 cm³/mol. The quantitative estimate of drug-likeness (QED) is 0.336. The first-order chi connectivity index (χ1) is 12.8. The van der Waals surface area contributed by atoms with Gasteiger partial charge in [-0.25, -0.2) is 0 Å². The fourth-order valence-electron chi connectivity index (χ4n) is 5.59. The minimum absolute atomic E-state index is 0.321. The lowest BCUT2D eigenvalue weighted by atomic mass is 9.65. The van der Waals surface area contributed by atoms with Gasteiger partial charge in [-0.1, -0.05) is 31.2 Å². The summed E-state index contributed by atoms with van der Waals surface area (Å²) in [5, 5.41) is 12.1. The molecule has 2 nitrogen and oxygen atoms in total. The van der Waals surface area contributed by atoms with Crippen LogP contribution in [-0.2, 0) is 0 Å². The van der Waals surface area contributed by atoms with E-state index < -0.39 is 0 Å². The van der Waals surface area contributed by atoms with Crippen molar-refractivity contribution in [2.75, 3.05) is 7.05 Å². The van der Waals surface area contributed by atoms with E-state index in [4.69, 9.17) is 5.41 Å². The summed E-state index contributed by atoms with van der Waals surface area (Å²) in [6.45, 7) is 2.38. The molecule has 0 radical (unpaired) electrons. The van der Waals surface area contributed by atoms with Crippen molar-refractivity contribution in [1.29, 1.82) is 5.41 Å². The van der Waals surface area contributed by atoms with Crippen LogP contribution in [0.1, 0.15) is 51.9 Å². The Morgan fingerprint density at radius 2 is 2.00 bits per heavy atom. The van der Waals surface area contributed by atoms with Gasteiger partial charge in [-0.15, -0.1) is 5.73 Å². The highest BCUT2D eigenvalue weighted by atomic mass is 14.9. The van der Waals surface area contributed by atoms with Crippen LogP contribution in [0.3, 0.4) is 0 Å². The molecule has 26 heavy (non-hydrogen) atoms. The number of rotatable bonds is 8. The topological polar surface area (TPSA) is 35.9 Å². The second-order valence-corrected chi connectivity index (χ2v) is 8.50. The van der Waals surface area contributed by atoms with Crippen LogP contribution < -0.4 is 5.32 Å². The van der Waals surface area contributed by atoms with E-state index in [-0.39, 0.29) is 0 Å². The van der Waals surface area contributed by atoms with Crippen LogP contribution in [-0.4, -0.2) is 19.3 Å². The molecule has 2 N–H and O–H groups in total. The molecule has 0 aromatic carbocycles. The Kier molecular flexibility index (Phi) is 7.11. The van der Waals surface area contributed by atoms with Gasteiger partial charge in [0.15, 0.2) is 0 Å². The number of hydrogen-bond donors (Lipinski definition) is 2. The second kappa shape index (κ2) is 9.53. The highest BCUT2D eigenvalue weighted by Crippen LogP contribution is 2.42. The first-order valence-corrected chi connectivity index (χ1v) is 10.7. The Labute approximate surface area is 160 Å². The first-order valence-electron chi connectivity index (χ1n) is 10.7. The van der Waals surface area contributed by atoms with Crippen LogP contribution >= 0.6 is 0 Å². The molecule has 3 aliphatic carbocycles. The van der Waals surface area contributed by atoms with Gasteiger partial charge in [0.25, 0.3) is 0 Å². The summed E-state index contributed by atoms with van der Waals surface area (Å²) in [6, 6.07) is 0.465. The molecule has 0 aliphatic heterocycles. The van der Waals surface area contributed by atoms with E-state index >= 15 is 0 Å². The Balaban J connectivity index is 1.86. The molecule has 0 saturated carbocycles. The number of nitrogens with one attached hydrogen (secondary N) is 2. The molecular formula is C24H36N2. The summed E-state index contributed by atoms with van der Waals surface area (Å²) < 4.78 is 0. The second-order valence-electron chi connectivity index (χ2n) is 8.50. The van der Waals surface area contributed by atoms with Crippen molar-refractivity contribution in [3.8, 4) is 0 Å². The standard InChI is InChI=1S/C24H36N2/c1-18(19-11-7-8-12-19)22(17-25)23(20-13-9-10-14-20)24(26-2)21-15-5-3-4-6-16-21/h3,5,7,9,11,14,17-26H,4,6,8,12-13,15-16H2,1-2H3. The van der Waals surface area contributed by atoms with E-state index in [1.807, 2.05) is 0 Å². The van der Waals surface area contributed by atoms with Crippen molar-refractivity contribution in [2.24, 2.45) is 35.5 Å². The average Bonchev–Trinajstić information content (AvgIpc) is 3.32. The molecule has 0 amide bonds. The maximum atomic E-state index is 8.34. The van der Waals surface area contributed by atoms with Gasteiger partial charge >= 0.3 is 0 Å². The van der Waals surface area contributed by atoms with E-state index in [2.05, 4.69) is 61.5 Å². The van der Waals surface area contributed by atoms with Crippen LogP contribution in [0, 0.1) is 40.9 Å². The predicted octanol–water partition coefficient (Wildman–Crippen LogP) is 5.54. The molecular weight excluding hydrogens is 316 g/mol. The zero-order valence-corrected chi connectivity index (χ0v) is 16.5. The largest absolute Gasteiger partial charge is 0.316 e. The van der Waals surface area contributed by atoms with E-state index in [0.29, 0.717) is 41.5 Å². The molecule has 0 spiro atoms. The van der Waals surface area contributed by atoms with Crippen LogP contribution in [0.25, 0.3) is 0 Å². The van der Waals surface area contributed by atoms with Gasteiger partial charge in [0.1, 0.15) is 0 Å². The van der Waals surface area contributed by atoms with Crippen molar-refractivity contribution in [3.05, 3.63) is 42.2 Å². The van der Waals surface area contributed by atoms with Crippen LogP contribution in [0.2, 0.25) is 0 Å². The number of allylic oxidation sites excluding steroid dienone is 5. The summed E-state index contributed by atoms with van der Waals surface area (Å²) in [4.78, 5) is 0. The minimum Gasteiger partial charge on any atom is -0.316 e. The van der Waals surface area contributed by atoms with Crippen molar-refractivity contribution in [1.82, 2.24) is 5.32 Å². The van der Waals surface area contributed by atoms with E-state index in [9.17, 15) is 0 Å². The van der Waals surface area contributed by atoms with E-state index in [1.54, 1.807) is 6.21 Å². The molecule has 3 rings (SSSR count). The smallest absolute Gasteiger partial charge is 0.0136 e. The highest BCUT2D eigenvalue weighted by molar-refractivity contribution is 5.58. The fraction of sp³-hybridized carbons (Fsp3) is 0.667. The lowest BCUT2D eigenvalue weighted by Gasteiger charge is -2.42. The molecule has 142 valence electrons. The molecule has 7 unspecified atom stereocenters. The number of hydrogen-bond acceptors (Lipinski definition) is 2. The Morgan fingerprint density at radius 1 is 1.12 bits per heavy atom. The first kappa shape index (κ1) is 19.4. The lowest BCUT2D eigenvalue weighted by molar-refractivity contribution is 0.138. The fourth-order valence-corrected chi connectivity index (χ4v) is 5.59. The van der Waals surface area contributed by atoms with Gasteiger partial charge in [0.05, 0.1) is 0 Å². The normalized spacial score (nSPS) is 32.3. The molecule has 0 saturated heterocycles. The molecule has 7 atom stereocenters. The molecule has 0 aromatic rings. The van der Waals surface area contributed by atoms with Crippen molar-refractivity contribution in [2.45, 2.75) is 57.9 Å². The molecule has 2 heteroatoms. The third kappa shape index (κ3) is 4.30. The summed E-state index contributed by atoms with van der Waals surface area (Å²) in [5.74, 6) is 3.15. The van der Waals surface area contributed by atoms with Gasteiger partial charge < -0.3 is 10.7 Å². The van der Waals surface area contributed by atoms with Gasteiger partial charge in [-0.2, -0.15) is 0 Å². The van der Waals surface area contributed by atoms with Crippen molar-refractivity contribution >= 4 is 6.21 Å². The average molecular weight is 353 g/mol. The van der Waals surface area contributed by atoms with Crippen LogP contribution in [0.4, 0.5) is 0 Å². The van der Waals surface area contributed by atoms with Crippen molar-refractivity contribution in [3.63, 3.8) is 0 Å². The summed E-state index contributed by atoms with van der Waals surface area (Å²) >= 11 is 0. The maximum Gasteiger partial charge on any atom is 0.0136 e. The maximum absolute atomic E-state index is 8.34. The summed E-state index contributed by atoms with van der Waals surface area (Å²) in [5.41, 5.74) is 3.35. The highest BCUT2D eigenvalue weighted by Gasteiger charge is 2.41. The summed E-state index contributed by atoms with van der Waals surface area (Å²) in [7, 11) is 2.14. The molecule has 0 bridgehead atoms. The van der Waals surface area contributed by atoms with Crippen molar-refractivity contribution < 1.29 is 0 Å². The van der Waals surface area contributed by atoms with Gasteiger partial charge in [-0.05, 0) is 99.9 Å². The van der Waals surface area contributed by atoms with Crippen LogP contribution in [0.15, 0.2) is 42.2 Å². The molecule has 3 aliphatic rings. The Hall–Kier alpha value is -1.37. The van der Waals surface area contributed by atoms with Gasteiger partial charge in [0.2, 0.25) is 0 Å². The van der Waals surface area contributed by atoms with Gasteiger partial charge in [0, 0.05) is 12.0 Å². The summed E-state index contributed by atoms with van der Waals surface area (Å²) in [6.07, 6.45) is 24.3. The zero-order valence-electron chi connectivity index (χ0n) is 16.5. The molecule has 0 aromatic heterocycles. The Morgan fingerprint density at radius 3 is 2.65 bits per heavy atom. The van der Waals surface area contributed by atoms with Gasteiger partial charge in [-0.3, -0.25) is 0 Å². The molecule has 0 fully saturated rings.